The second-order valence-electron chi connectivity index (χ2n) is 12.0. The lowest BCUT2D eigenvalue weighted by molar-refractivity contribution is -0.166. The quantitative estimate of drug-likeness (QED) is 0.209. The lowest BCUT2D eigenvalue weighted by Gasteiger charge is -2.47. The van der Waals surface area contributed by atoms with E-state index in [-0.39, 0.29) is 23.9 Å². The molecular formula is C40H40N2O8. The van der Waals surface area contributed by atoms with Crippen LogP contribution in [0, 0.1) is 0 Å². The Kier molecular flexibility index (Phi) is 10.6. The molecule has 0 N–H and O–H groups in total. The van der Waals surface area contributed by atoms with Gasteiger partial charge in [-0.1, -0.05) is 72.8 Å². The van der Waals surface area contributed by atoms with E-state index in [9.17, 15) is 9.59 Å². The zero-order chi connectivity index (χ0) is 34.1. The molecule has 0 saturated carbocycles. The van der Waals surface area contributed by atoms with E-state index in [0.29, 0.717) is 75.7 Å². The lowest BCUT2D eigenvalue weighted by atomic mass is 9.89. The first kappa shape index (κ1) is 33.2. The summed E-state index contributed by atoms with van der Waals surface area (Å²) in [5.41, 5.74) is 1.73. The number of hydrogen-bond acceptors (Lipinski definition) is 8. The summed E-state index contributed by atoms with van der Waals surface area (Å²) in [4.78, 5) is 30.3. The van der Waals surface area contributed by atoms with Crippen LogP contribution < -0.4 is 18.9 Å². The maximum absolute atomic E-state index is 13.4. The van der Waals surface area contributed by atoms with Crippen LogP contribution in [0.2, 0.25) is 0 Å². The molecule has 3 aliphatic heterocycles. The van der Waals surface area contributed by atoms with Crippen molar-refractivity contribution in [2.45, 2.75) is 24.3 Å². The minimum Gasteiger partial charge on any atom is -0.489 e. The maximum Gasteiger partial charge on any atom is 0.266 e. The number of benzene rings is 4. The molecule has 10 heteroatoms. The molecule has 4 atom stereocenters. The molecule has 0 radical (unpaired) electrons. The summed E-state index contributed by atoms with van der Waals surface area (Å²) in [5, 5.41) is 0. The highest BCUT2D eigenvalue weighted by molar-refractivity contribution is 5.90. The van der Waals surface area contributed by atoms with E-state index in [4.69, 9.17) is 28.4 Å². The van der Waals surface area contributed by atoms with Crippen molar-refractivity contribution in [3.63, 3.8) is 0 Å². The summed E-state index contributed by atoms with van der Waals surface area (Å²) >= 11 is 0. The number of β-lactam (4-membered cyclic amide) rings is 2. The molecule has 2 amide bonds. The zero-order valence-electron chi connectivity index (χ0n) is 27.7. The molecule has 7 rings (SSSR count). The number of carbonyl (C=O) groups excluding carboxylic acids is 2. The summed E-state index contributed by atoms with van der Waals surface area (Å²) in [6, 6.07) is 33.5. The number of carbonyl (C=O) groups is 2. The van der Waals surface area contributed by atoms with Gasteiger partial charge in [0, 0.05) is 24.2 Å². The van der Waals surface area contributed by atoms with E-state index in [2.05, 4.69) is 0 Å². The Balaban J connectivity index is 1.09. The Bertz CT molecular complexity index is 1640. The fraction of sp³-hybridized carbons (Fsp3) is 0.300. The third-order valence-corrected chi connectivity index (χ3v) is 8.95. The Hall–Kier alpha value is -5.32. The number of rotatable bonds is 4. The van der Waals surface area contributed by atoms with Crippen molar-refractivity contribution in [1.29, 1.82) is 0 Å². The molecule has 4 aromatic carbocycles. The van der Waals surface area contributed by atoms with Gasteiger partial charge < -0.3 is 38.2 Å². The number of nitrogens with zero attached hydrogens (tertiary/aromatic N) is 2. The smallest absolute Gasteiger partial charge is 0.266 e. The van der Waals surface area contributed by atoms with Crippen LogP contribution in [0.4, 0.5) is 0 Å². The van der Waals surface area contributed by atoms with Crippen LogP contribution in [0.1, 0.15) is 23.2 Å². The Labute approximate surface area is 291 Å². The van der Waals surface area contributed by atoms with Crippen molar-refractivity contribution < 1.29 is 38.0 Å². The van der Waals surface area contributed by atoms with Crippen LogP contribution in [-0.2, 0) is 19.1 Å². The van der Waals surface area contributed by atoms with Gasteiger partial charge in [0.15, 0.2) is 0 Å². The van der Waals surface area contributed by atoms with E-state index in [1.165, 1.54) is 0 Å². The third-order valence-electron chi connectivity index (χ3n) is 8.95. The summed E-state index contributed by atoms with van der Waals surface area (Å²) in [7, 11) is 0. The zero-order valence-corrected chi connectivity index (χ0v) is 27.7. The number of para-hydroxylation sites is 4. The van der Waals surface area contributed by atoms with Crippen LogP contribution in [0.25, 0.3) is 0 Å². The molecular weight excluding hydrogens is 636 g/mol. The highest BCUT2D eigenvalue weighted by Crippen LogP contribution is 2.42. The van der Waals surface area contributed by atoms with Crippen LogP contribution in [0.5, 0.6) is 23.0 Å². The molecule has 0 bridgehead atoms. The van der Waals surface area contributed by atoms with Crippen molar-refractivity contribution >= 4 is 11.8 Å². The molecule has 2 fully saturated rings. The number of amides is 2. The van der Waals surface area contributed by atoms with Crippen molar-refractivity contribution in [2.75, 3.05) is 52.7 Å². The summed E-state index contributed by atoms with van der Waals surface area (Å²) < 4.78 is 36.6. The number of fused-ring (bicyclic) bond motifs is 6. The monoisotopic (exact) mass is 676 g/mol. The van der Waals surface area contributed by atoms with Crippen molar-refractivity contribution in [3.05, 3.63) is 132 Å². The Morgan fingerprint density at radius 1 is 0.500 bits per heavy atom. The fourth-order valence-electron chi connectivity index (χ4n) is 6.49. The van der Waals surface area contributed by atoms with Crippen molar-refractivity contribution in [1.82, 2.24) is 9.80 Å². The van der Waals surface area contributed by atoms with Crippen molar-refractivity contribution in [2.24, 2.45) is 0 Å². The lowest BCUT2D eigenvalue weighted by Crippen LogP contribution is -2.62. The average Bonchev–Trinajstić information content (AvgIpc) is 3.16. The molecule has 0 spiro atoms. The van der Waals surface area contributed by atoms with E-state index < -0.39 is 12.2 Å². The molecule has 2 saturated heterocycles. The van der Waals surface area contributed by atoms with E-state index in [0.717, 1.165) is 11.1 Å². The fourth-order valence-corrected chi connectivity index (χ4v) is 6.49. The highest BCUT2D eigenvalue weighted by Gasteiger charge is 2.52. The Morgan fingerprint density at radius 3 is 1.34 bits per heavy atom. The minimum atomic E-state index is -0.689. The minimum absolute atomic E-state index is 0.108. The first-order valence-electron chi connectivity index (χ1n) is 17.0. The molecule has 50 heavy (non-hydrogen) atoms. The predicted octanol–water partition coefficient (Wildman–Crippen LogP) is 5.41. The van der Waals surface area contributed by atoms with E-state index >= 15 is 0 Å². The molecule has 0 unspecified atom stereocenters. The van der Waals surface area contributed by atoms with Gasteiger partial charge in [-0.05, 0) is 48.6 Å². The average molecular weight is 677 g/mol. The van der Waals surface area contributed by atoms with Gasteiger partial charge in [-0.25, -0.2) is 0 Å². The first-order valence-corrected chi connectivity index (χ1v) is 17.0. The summed E-state index contributed by atoms with van der Waals surface area (Å²) in [6.45, 7) is 2.72. The molecule has 4 aromatic rings. The predicted molar refractivity (Wildman–Crippen MR) is 185 cm³/mol. The van der Waals surface area contributed by atoms with Crippen LogP contribution >= 0.6 is 0 Å². The molecule has 0 aromatic heterocycles. The highest BCUT2D eigenvalue weighted by atomic mass is 16.5. The molecule has 3 aliphatic rings. The number of hydrogen-bond donors (Lipinski definition) is 0. The van der Waals surface area contributed by atoms with Crippen molar-refractivity contribution in [3.8, 4) is 23.0 Å². The molecule has 258 valence electrons. The first-order chi connectivity index (χ1) is 24.7. The van der Waals surface area contributed by atoms with Gasteiger partial charge >= 0.3 is 0 Å². The van der Waals surface area contributed by atoms with Gasteiger partial charge in [-0.2, -0.15) is 0 Å². The summed E-state index contributed by atoms with van der Waals surface area (Å²) in [5.74, 6) is 2.38. The van der Waals surface area contributed by atoms with E-state index in [1.54, 1.807) is 9.80 Å². The van der Waals surface area contributed by atoms with Gasteiger partial charge in [-0.15, -0.1) is 0 Å². The maximum atomic E-state index is 13.4. The molecule has 10 nitrogen and oxygen atoms in total. The largest absolute Gasteiger partial charge is 0.489 e. The van der Waals surface area contributed by atoms with Gasteiger partial charge in [0.05, 0.1) is 26.4 Å². The van der Waals surface area contributed by atoms with E-state index in [1.807, 2.05) is 121 Å². The second-order valence-corrected chi connectivity index (χ2v) is 12.0. The van der Waals surface area contributed by atoms with Crippen LogP contribution in [-0.4, -0.2) is 86.6 Å². The molecule has 3 heterocycles. The van der Waals surface area contributed by atoms with Gasteiger partial charge in [0.2, 0.25) is 12.2 Å². The van der Waals surface area contributed by atoms with Crippen LogP contribution in [0.3, 0.4) is 0 Å². The normalized spacial score (nSPS) is 23.7. The Morgan fingerprint density at radius 2 is 0.900 bits per heavy atom. The van der Waals surface area contributed by atoms with Crippen LogP contribution in [0.15, 0.2) is 121 Å². The number of ether oxygens (including phenoxy) is 6. The van der Waals surface area contributed by atoms with Gasteiger partial charge in [-0.3, -0.25) is 9.59 Å². The molecule has 0 aliphatic carbocycles. The SMILES string of the molecule is O=C1[C@H](Oc2ccccc2)[C@@H]2c3ccccc3OC/C=C/COc3ccccc3[C@H]3[C@@H](Oc4ccccc4)C(=O)N3CCOCCOCCN12. The standard InChI is InChI=1S/C40H40N2O8/c43-39-37(49-29-13-3-1-4-14-29)35-31-17-7-9-19-33(31)47-23-11-12-24-48-34-20-10-8-18-32(34)36-38(50-30-15-5-2-6-16-30)40(44)42(36)22-26-46-28-27-45-25-21-41(35)39/h1-20,35-38H,21-28H2/b12-11+/t35-,36-,37+,38+/m0/s1. The van der Waals surface area contributed by atoms with Gasteiger partial charge in [0.1, 0.15) is 48.3 Å². The third kappa shape index (κ3) is 7.31. The topological polar surface area (TPSA) is 96.0 Å². The second kappa shape index (κ2) is 15.9. The van der Waals surface area contributed by atoms with Gasteiger partial charge in [0.25, 0.3) is 11.8 Å². The summed E-state index contributed by atoms with van der Waals surface area (Å²) in [6.07, 6.45) is 2.42.